The van der Waals surface area contributed by atoms with E-state index >= 15 is 0 Å². The second kappa shape index (κ2) is 3.69. The standard InChI is InChI=1S/C11H19BO3/c1-7-9(8(2)13)12-14-10(3,4)11(5,6)15-12/h7,13H,1H2,2-6H3/b9-8-. The fourth-order valence-electron chi connectivity index (χ4n) is 1.38. The van der Waals surface area contributed by atoms with Crippen LogP contribution in [0.5, 0.6) is 0 Å². The molecule has 0 aliphatic carbocycles. The average molecular weight is 210 g/mol. The van der Waals surface area contributed by atoms with E-state index in [-0.39, 0.29) is 17.0 Å². The fraction of sp³-hybridized carbons (Fsp3) is 0.636. The quantitative estimate of drug-likeness (QED) is 0.432. The molecule has 0 unspecified atom stereocenters. The lowest BCUT2D eigenvalue weighted by molar-refractivity contribution is 0.00578. The first kappa shape index (κ1) is 12.3. The summed E-state index contributed by atoms with van der Waals surface area (Å²) >= 11 is 0. The molecular weight excluding hydrogens is 191 g/mol. The molecule has 1 heterocycles. The molecule has 1 saturated heterocycles. The van der Waals surface area contributed by atoms with E-state index in [0.29, 0.717) is 5.47 Å². The van der Waals surface area contributed by atoms with Gasteiger partial charge in [-0.25, -0.2) is 0 Å². The van der Waals surface area contributed by atoms with Gasteiger partial charge in [0, 0.05) is 5.47 Å². The Morgan fingerprint density at radius 2 is 1.60 bits per heavy atom. The number of rotatable bonds is 2. The maximum atomic E-state index is 9.46. The predicted molar refractivity (Wildman–Crippen MR) is 61.6 cm³/mol. The van der Waals surface area contributed by atoms with Crippen LogP contribution in [0.3, 0.4) is 0 Å². The Hall–Kier alpha value is -0.735. The summed E-state index contributed by atoms with van der Waals surface area (Å²) < 4.78 is 11.5. The van der Waals surface area contributed by atoms with Crippen molar-refractivity contribution in [2.75, 3.05) is 0 Å². The van der Waals surface area contributed by atoms with Gasteiger partial charge in [0.2, 0.25) is 0 Å². The van der Waals surface area contributed by atoms with E-state index in [0.717, 1.165) is 0 Å². The Bertz CT molecular complexity index is 285. The molecule has 0 aromatic carbocycles. The van der Waals surface area contributed by atoms with Gasteiger partial charge in [-0.2, -0.15) is 0 Å². The molecule has 3 nitrogen and oxygen atoms in total. The highest BCUT2D eigenvalue weighted by Gasteiger charge is 2.52. The highest BCUT2D eigenvalue weighted by molar-refractivity contribution is 6.55. The third-order valence-electron chi connectivity index (χ3n) is 3.14. The summed E-state index contributed by atoms with van der Waals surface area (Å²) in [7, 11) is -0.530. The summed E-state index contributed by atoms with van der Waals surface area (Å²) in [5, 5.41) is 9.46. The zero-order valence-electron chi connectivity index (χ0n) is 10.1. The molecule has 1 aliphatic rings. The van der Waals surface area contributed by atoms with Gasteiger partial charge in [-0.05, 0) is 34.6 Å². The summed E-state index contributed by atoms with van der Waals surface area (Å²) in [5.41, 5.74) is -0.184. The molecule has 1 rings (SSSR count). The van der Waals surface area contributed by atoms with Crippen molar-refractivity contribution in [1.29, 1.82) is 0 Å². The van der Waals surface area contributed by atoms with Crippen molar-refractivity contribution in [3.05, 3.63) is 23.9 Å². The Labute approximate surface area is 91.9 Å². The van der Waals surface area contributed by atoms with Crippen LogP contribution in [0.25, 0.3) is 0 Å². The monoisotopic (exact) mass is 210 g/mol. The van der Waals surface area contributed by atoms with E-state index in [9.17, 15) is 5.11 Å². The van der Waals surface area contributed by atoms with Gasteiger partial charge in [-0.3, -0.25) is 0 Å². The lowest BCUT2D eigenvalue weighted by atomic mass is 9.77. The minimum absolute atomic E-state index is 0.184. The number of aliphatic hydroxyl groups is 1. The van der Waals surface area contributed by atoms with Gasteiger partial charge < -0.3 is 14.4 Å². The summed E-state index contributed by atoms with van der Waals surface area (Å²) in [6.45, 7) is 13.1. The Morgan fingerprint density at radius 1 is 1.20 bits per heavy atom. The lowest BCUT2D eigenvalue weighted by Crippen LogP contribution is -2.41. The van der Waals surface area contributed by atoms with Crippen molar-refractivity contribution < 1.29 is 14.4 Å². The molecule has 15 heavy (non-hydrogen) atoms. The Morgan fingerprint density at radius 3 is 1.87 bits per heavy atom. The van der Waals surface area contributed by atoms with Crippen LogP contribution >= 0.6 is 0 Å². The zero-order chi connectivity index (χ0) is 11.9. The van der Waals surface area contributed by atoms with Gasteiger partial charge >= 0.3 is 7.12 Å². The van der Waals surface area contributed by atoms with E-state index in [1.54, 1.807) is 13.0 Å². The van der Waals surface area contributed by atoms with E-state index < -0.39 is 7.12 Å². The largest absolute Gasteiger partial charge is 0.513 e. The van der Waals surface area contributed by atoms with E-state index in [2.05, 4.69) is 6.58 Å². The van der Waals surface area contributed by atoms with Crippen molar-refractivity contribution in [3.8, 4) is 0 Å². The molecular formula is C11H19BO3. The predicted octanol–water partition coefficient (Wildman–Crippen LogP) is 2.64. The smallest absolute Gasteiger partial charge is 0.498 e. The molecule has 0 bridgehead atoms. The first-order chi connectivity index (χ1) is 6.71. The highest BCUT2D eigenvalue weighted by atomic mass is 16.7. The molecule has 0 radical (unpaired) electrons. The van der Waals surface area contributed by atoms with E-state index in [1.165, 1.54) is 0 Å². The molecule has 4 heteroatoms. The molecule has 0 aromatic heterocycles. The van der Waals surface area contributed by atoms with Crippen LogP contribution in [0.2, 0.25) is 0 Å². The Kier molecular flexibility index (Phi) is 3.03. The van der Waals surface area contributed by atoms with E-state index in [4.69, 9.17) is 9.31 Å². The number of hydrogen-bond acceptors (Lipinski definition) is 3. The molecule has 84 valence electrons. The van der Waals surface area contributed by atoms with Crippen molar-refractivity contribution >= 4 is 7.12 Å². The van der Waals surface area contributed by atoms with Gasteiger partial charge in [-0.1, -0.05) is 12.7 Å². The van der Waals surface area contributed by atoms with Crippen LogP contribution < -0.4 is 0 Å². The van der Waals surface area contributed by atoms with Crippen molar-refractivity contribution in [2.45, 2.75) is 45.8 Å². The first-order valence-electron chi connectivity index (χ1n) is 5.09. The topological polar surface area (TPSA) is 38.7 Å². The summed E-state index contributed by atoms with van der Waals surface area (Å²) in [5.74, 6) is 0.184. The summed E-state index contributed by atoms with van der Waals surface area (Å²) in [6.07, 6.45) is 1.57. The van der Waals surface area contributed by atoms with Crippen LogP contribution in [-0.4, -0.2) is 23.4 Å². The first-order valence-corrected chi connectivity index (χ1v) is 5.09. The van der Waals surface area contributed by atoms with Crippen molar-refractivity contribution in [1.82, 2.24) is 0 Å². The van der Waals surface area contributed by atoms with Gasteiger partial charge in [0.15, 0.2) is 0 Å². The van der Waals surface area contributed by atoms with Gasteiger partial charge in [-0.15, -0.1) is 0 Å². The fourth-order valence-corrected chi connectivity index (χ4v) is 1.38. The van der Waals surface area contributed by atoms with Crippen LogP contribution in [-0.2, 0) is 9.31 Å². The molecule has 1 fully saturated rings. The van der Waals surface area contributed by atoms with Crippen LogP contribution in [0.1, 0.15) is 34.6 Å². The molecule has 1 N–H and O–H groups in total. The summed E-state index contributed by atoms with van der Waals surface area (Å²) in [4.78, 5) is 0. The molecule has 0 atom stereocenters. The minimum atomic E-state index is -0.530. The minimum Gasteiger partial charge on any atom is -0.513 e. The molecule has 0 saturated carbocycles. The van der Waals surface area contributed by atoms with Gasteiger partial charge in [0.25, 0.3) is 0 Å². The van der Waals surface area contributed by atoms with Crippen molar-refractivity contribution in [3.63, 3.8) is 0 Å². The van der Waals surface area contributed by atoms with Crippen LogP contribution in [0.4, 0.5) is 0 Å². The molecule has 0 amide bonds. The van der Waals surface area contributed by atoms with Crippen LogP contribution in [0.15, 0.2) is 23.9 Å². The second-order valence-electron chi connectivity index (χ2n) is 4.83. The highest BCUT2D eigenvalue weighted by Crippen LogP contribution is 2.38. The maximum absolute atomic E-state index is 9.46. The second-order valence-corrected chi connectivity index (χ2v) is 4.83. The molecule has 1 aliphatic heterocycles. The SMILES string of the molecule is C=C/C(B1OC(C)(C)C(C)(C)O1)=C(\C)O. The Balaban J connectivity index is 2.97. The van der Waals surface area contributed by atoms with Crippen LogP contribution in [0, 0.1) is 0 Å². The summed E-state index contributed by atoms with van der Waals surface area (Å²) in [6, 6.07) is 0. The third kappa shape index (κ3) is 2.11. The lowest BCUT2D eigenvalue weighted by Gasteiger charge is -2.32. The van der Waals surface area contributed by atoms with Gasteiger partial charge in [0.05, 0.1) is 17.0 Å². The van der Waals surface area contributed by atoms with Crippen molar-refractivity contribution in [2.24, 2.45) is 0 Å². The number of allylic oxidation sites excluding steroid dienone is 3. The average Bonchev–Trinajstić information content (AvgIpc) is 2.21. The zero-order valence-corrected chi connectivity index (χ0v) is 10.1. The molecule has 0 aromatic rings. The molecule has 0 spiro atoms. The third-order valence-corrected chi connectivity index (χ3v) is 3.14. The number of aliphatic hydroxyl groups excluding tert-OH is 1. The normalized spacial score (nSPS) is 25.0. The maximum Gasteiger partial charge on any atom is 0.498 e. The van der Waals surface area contributed by atoms with E-state index in [1.807, 2.05) is 27.7 Å². The van der Waals surface area contributed by atoms with Gasteiger partial charge in [0.1, 0.15) is 0 Å². The number of hydrogen-bond donors (Lipinski definition) is 1.